The summed E-state index contributed by atoms with van der Waals surface area (Å²) in [6.07, 6.45) is 4.26. The smallest absolute Gasteiger partial charge is 0.396 e. The molecular formula is C18H18BN2O+. The molecule has 22 heavy (non-hydrogen) atoms. The Morgan fingerprint density at radius 3 is 2.77 bits per heavy atom. The summed E-state index contributed by atoms with van der Waals surface area (Å²) in [5.41, 5.74) is 4.42. The molecule has 0 saturated carbocycles. The van der Waals surface area contributed by atoms with Crippen LogP contribution in [0.3, 0.4) is 0 Å². The van der Waals surface area contributed by atoms with Crippen LogP contribution in [0.25, 0.3) is 23.1 Å². The SMILES string of the molecule is Cc1ccc(B2C=c3c(oc4ccccc34)=CN2C)[n+](C)c1. The van der Waals surface area contributed by atoms with E-state index in [4.69, 9.17) is 4.42 Å². The van der Waals surface area contributed by atoms with Gasteiger partial charge in [0.25, 0.3) is 0 Å². The maximum absolute atomic E-state index is 5.96. The Balaban J connectivity index is 1.96. The summed E-state index contributed by atoms with van der Waals surface area (Å²) in [6, 6.07) is 12.6. The van der Waals surface area contributed by atoms with Gasteiger partial charge in [-0.2, -0.15) is 0 Å². The van der Waals surface area contributed by atoms with Gasteiger partial charge in [0.15, 0.2) is 11.8 Å². The molecule has 3 aromatic rings. The topological polar surface area (TPSA) is 20.3 Å². The first-order chi connectivity index (χ1) is 10.6. The molecular weight excluding hydrogens is 271 g/mol. The molecule has 1 aliphatic heterocycles. The molecule has 108 valence electrons. The summed E-state index contributed by atoms with van der Waals surface area (Å²) in [5.74, 6) is 2.30. The van der Waals surface area contributed by atoms with Gasteiger partial charge >= 0.3 is 6.85 Å². The first-order valence-electron chi connectivity index (χ1n) is 7.53. The number of benzene rings is 1. The molecule has 0 radical (unpaired) electrons. The highest BCUT2D eigenvalue weighted by Crippen LogP contribution is 2.09. The van der Waals surface area contributed by atoms with Crippen LogP contribution in [0, 0.1) is 6.92 Å². The van der Waals surface area contributed by atoms with Gasteiger partial charge < -0.3 is 9.23 Å². The molecule has 1 aliphatic rings. The van der Waals surface area contributed by atoms with Crippen LogP contribution in [0.1, 0.15) is 5.56 Å². The van der Waals surface area contributed by atoms with Gasteiger partial charge in [0.2, 0.25) is 0 Å². The highest BCUT2D eigenvalue weighted by molar-refractivity contribution is 6.82. The van der Waals surface area contributed by atoms with Crippen LogP contribution < -0.4 is 20.8 Å². The Morgan fingerprint density at radius 2 is 1.95 bits per heavy atom. The third-order valence-electron chi connectivity index (χ3n) is 4.37. The average Bonchev–Trinajstić information content (AvgIpc) is 2.84. The predicted molar refractivity (Wildman–Crippen MR) is 89.9 cm³/mol. The van der Waals surface area contributed by atoms with Crippen LogP contribution in [-0.2, 0) is 7.05 Å². The lowest BCUT2D eigenvalue weighted by atomic mass is 9.55. The van der Waals surface area contributed by atoms with Crippen LogP contribution in [-0.4, -0.2) is 18.7 Å². The zero-order valence-corrected chi connectivity index (χ0v) is 13.1. The van der Waals surface area contributed by atoms with Crippen molar-refractivity contribution in [1.29, 1.82) is 0 Å². The number of fused-ring (bicyclic) bond motifs is 3. The van der Waals surface area contributed by atoms with E-state index in [1.165, 1.54) is 21.8 Å². The molecule has 0 aliphatic carbocycles. The minimum atomic E-state index is 0.208. The van der Waals surface area contributed by atoms with Gasteiger partial charge in [0, 0.05) is 22.4 Å². The minimum Gasteiger partial charge on any atom is -0.455 e. The molecule has 0 saturated heterocycles. The number of para-hydroxylation sites is 1. The van der Waals surface area contributed by atoms with Gasteiger partial charge in [0.05, 0.1) is 0 Å². The third kappa shape index (κ3) is 1.95. The summed E-state index contributed by atoms with van der Waals surface area (Å²) in [6.45, 7) is 2.32. The van der Waals surface area contributed by atoms with E-state index in [1.54, 1.807) is 0 Å². The number of furan rings is 1. The molecule has 0 spiro atoms. The van der Waals surface area contributed by atoms with Crippen molar-refractivity contribution >= 4 is 35.6 Å². The van der Waals surface area contributed by atoms with E-state index in [2.05, 4.69) is 73.0 Å². The van der Waals surface area contributed by atoms with E-state index in [-0.39, 0.29) is 6.85 Å². The van der Waals surface area contributed by atoms with Gasteiger partial charge in [-0.15, -0.1) is 0 Å². The number of aromatic nitrogens is 1. The van der Waals surface area contributed by atoms with Crippen LogP contribution in [0.4, 0.5) is 0 Å². The lowest BCUT2D eigenvalue weighted by Gasteiger charge is -2.20. The van der Waals surface area contributed by atoms with Crippen LogP contribution in [0.15, 0.2) is 47.0 Å². The first-order valence-corrected chi connectivity index (χ1v) is 7.53. The normalized spacial score (nSPS) is 13.8. The number of pyridine rings is 1. The van der Waals surface area contributed by atoms with Crippen molar-refractivity contribution in [2.75, 3.05) is 7.05 Å². The maximum Gasteiger partial charge on any atom is 0.396 e. The van der Waals surface area contributed by atoms with Gasteiger partial charge in [-0.3, -0.25) is 0 Å². The van der Waals surface area contributed by atoms with E-state index in [0.717, 1.165) is 11.0 Å². The molecule has 4 heteroatoms. The second-order valence-electron chi connectivity index (χ2n) is 6.02. The third-order valence-corrected chi connectivity index (χ3v) is 4.37. The molecule has 0 bridgehead atoms. The quantitative estimate of drug-likeness (QED) is 0.479. The van der Waals surface area contributed by atoms with Crippen molar-refractivity contribution in [3.63, 3.8) is 0 Å². The van der Waals surface area contributed by atoms with Crippen molar-refractivity contribution < 1.29 is 8.98 Å². The molecule has 0 fully saturated rings. The van der Waals surface area contributed by atoms with Crippen LogP contribution in [0.2, 0.25) is 0 Å². The van der Waals surface area contributed by atoms with Crippen LogP contribution in [0.5, 0.6) is 0 Å². The number of aryl methyl sites for hydroxylation is 2. The van der Waals surface area contributed by atoms with Gasteiger partial charge in [-0.25, -0.2) is 4.57 Å². The van der Waals surface area contributed by atoms with Gasteiger partial charge in [0.1, 0.15) is 18.0 Å². The van der Waals surface area contributed by atoms with E-state index in [9.17, 15) is 0 Å². The Bertz CT molecular complexity index is 990. The lowest BCUT2D eigenvalue weighted by molar-refractivity contribution is -0.654. The second-order valence-corrected chi connectivity index (χ2v) is 6.02. The Kier molecular flexibility index (Phi) is 2.86. The molecule has 3 heterocycles. The van der Waals surface area contributed by atoms with Crippen molar-refractivity contribution in [2.24, 2.45) is 7.05 Å². The minimum absolute atomic E-state index is 0.208. The van der Waals surface area contributed by atoms with E-state index in [1.807, 2.05) is 12.1 Å². The fourth-order valence-corrected chi connectivity index (χ4v) is 3.25. The van der Waals surface area contributed by atoms with Crippen LogP contribution >= 0.6 is 0 Å². The van der Waals surface area contributed by atoms with Crippen molar-refractivity contribution in [3.05, 3.63) is 58.8 Å². The number of hydrogen-bond acceptors (Lipinski definition) is 2. The van der Waals surface area contributed by atoms with Crippen molar-refractivity contribution in [1.82, 2.24) is 4.81 Å². The Morgan fingerprint density at radius 1 is 1.14 bits per heavy atom. The summed E-state index contributed by atoms with van der Waals surface area (Å²) < 4.78 is 8.16. The van der Waals surface area contributed by atoms with Crippen molar-refractivity contribution in [2.45, 2.75) is 6.92 Å². The number of nitrogens with zero attached hydrogens (tertiary/aromatic N) is 2. The zero-order chi connectivity index (χ0) is 15.3. The Labute approximate surface area is 129 Å². The molecule has 4 rings (SSSR count). The second kappa shape index (κ2) is 4.77. The fourth-order valence-electron chi connectivity index (χ4n) is 3.25. The number of hydrogen-bond donors (Lipinski definition) is 0. The largest absolute Gasteiger partial charge is 0.455 e. The highest BCUT2D eigenvalue weighted by atomic mass is 16.3. The summed E-state index contributed by atoms with van der Waals surface area (Å²) in [5, 5.41) is 2.38. The lowest BCUT2D eigenvalue weighted by Crippen LogP contribution is -2.60. The van der Waals surface area contributed by atoms with Crippen molar-refractivity contribution in [3.8, 4) is 0 Å². The monoisotopic (exact) mass is 289 g/mol. The first kappa shape index (κ1) is 13.2. The fraction of sp³-hybridized carbons (Fsp3) is 0.167. The molecule has 0 unspecified atom stereocenters. The van der Waals surface area contributed by atoms with Gasteiger partial charge in [-0.05, 0) is 32.2 Å². The standard InChI is InChI=1S/C18H18BN2O/c1-13-8-9-18(20(2)11-13)19-10-15-14-6-4-5-7-16(14)22-17(15)12-21(19)3/h4-12H,1-3H3/q+1. The van der Waals surface area contributed by atoms with E-state index < -0.39 is 0 Å². The average molecular weight is 289 g/mol. The maximum atomic E-state index is 5.96. The molecule has 0 N–H and O–H groups in total. The molecule has 1 aromatic carbocycles. The summed E-state index contributed by atoms with van der Waals surface area (Å²) in [4.78, 5) is 2.20. The molecule has 0 amide bonds. The molecule has 0 atom stereocenters. The molecule has 3 nitrogen and oxygen atoms in total. The highest BCUT2D eigenvalue weighted by Gasteiger charge is 2.30. The predicted octanol–water partition coefficient (Wildman–Crippen LogP) is 0.468. The van der Waals surface area contributed by atoms with Gasteiger partial charge in [-0.1, -0.05) is 24.2 Å². The molecule has 2 aromatic heterocycles. The zero-order valence-electron chi connectivity index (χ0n) is 13.1. The summed E-state index contributed by atoms with van der Waals surface area (Å²) >= 11 is 0. The summed E-state index contributed by atoms with van der Waals surface area (Å²) in [7, 11) is 4.20. The Hall–Kier alpha value is -2.49. The van der Waals surface area contributed by atoms with E-state index in [0.29, 0.717) is 0 Å². The van der Waals surface area contributed by atoms with E-state index >= 15 is 0 Å². The number of rotatable bonds is 1.